The van der Waals surface area contributed by atoms with Gasteiger partial charge in [-0.25, -0.2) is 0 Å². The van der Waals surface area contributed by atoms with Crippen molar-refractivity contribution in [3.8, 4) is 0 Å². The zero-order valence-electron chi connectivity index (χ0n) is 9.02. The van der Waals surface area contributed by atoms with Crippen LogP contribution in [0.3, 0.4) is 0 Å². The first kappa shape index (κ1) is 11.9. The SMILES string of the molecule is COCCC(CC(C)(C)C)OC. The van der Waals surface area contributed by atoms with Crippen LogP contribution in [0.25, 0.3) is 0 Å². The predicted octanol–water partition coefficient (Wildman–Crippen LogP) is 2.47. The van der Waals surface area contributed by atoms with Crippen LogP contribution >= 0.6 is 0 Å². The van der Waals surface area contributed by atoms with Crippen molar-refractivity contribution in [1.29, 1.82) is 0 Å². The molecule has 0 aliphatic heterocycles. The van der Waals surface area contributed by atoms with Gasteiger partial charge < -0.3 is 9.47 Å². The molecule has 0 rings (SSSR count). The van der Waals surface area contributed by atoms with E-state index in [1.54, 1.807) is 14.2 Å². The van der Waals surface area contributed by atoms with E-state index in [0.29, 0.717) is 11.5 Å². The summed E-state index contributed by atoms with van der Waals surface area (Å²) in [7, 11) is 3.50. The third-order valence-corrected chi connectivity index (χ3v) is 1.82. The van der Waals surface area contributed by atoms with Gasteiger partial charge in [-0.2, -0.15) is 0 Å². The summed E-state index contributed by atoms with van der Waals surface area (Å²) in [6.45, 7) is 7.47. The molecule has 0 saturated carbocycles. The van der Waals surface area contributed by atoms with Crippen molar-refractivity contribution < 1.29 is 9.47 Å². The zero-order valence-corrected chi connectivity index (χ0v) is 9.02. The van der Waals surface area contributed by atoms with Gasteiger partial charge in [0.1, 0.15) is 0 Å². The smallest absolute Gasteiger partial charge is 0.0598 e. The molecule has 0 aliphatic rings. The fourth-order valence-electron chi connectivity index (χ4n) is 1.24. The van der Waals surface area contributed by atoms with E-state index in [2.05, 4.69) is 20.8 Å². The lowest BCUT2D eigenvalue weighted by atomic mass is 9.88. The number of rotatable bonds is 5. The number of hydrogen-bond donors (Lipinski definition) is 0. The molecular weight excluding hydrogens is 152 g/mol. The molecule has 1 unspecified atom stereocenters. The van der Waals surface area contributed by atoms with E-state index in [4.69, 9.17) is 9.47 Å². The van der Waals surface area contributed by atoms with Crippen molar-refractivity contribution in [1.82, 2.24) is 0 Å². The lowest BCUT2D eigenvalue weighted by Gasteiger charge is -2.24. The minimum Gasteiger partial charge on any atom is -0.385 e. The maximum Gasteiger partial charge on any atom is 0.0598 e. The number of ether oxygens (including phenoxy) is 2. The second-order valence-corrected chi connectivity index (χ2v) is 4.40. The number of hydrogen-bond acceptors (Lipinski definition) is 2. The van der Waals surface area contributed by atoms with Gasteiger partial charge in [0.05, 0.1) is 6.10 Å². The topological polar surface area (TPSA) is 18.5 Å². The summed E-state index contributed by atoms with van der Waals surface area (Å²) >= 11 is 0. The molecule has 2 heteroatoms. The summed E-state index contributed by atoms with van der Waals surface area (Å²) in [6.07, 6.45) is 2.42. The van der Waals surface area contributed by atoms with Crippen molar-refractivity contribution in [2.45, 2.75) is 39.7 Å². The van der Waals surface area contributed by atoms with E-state index < -0.39 is 0 Å². The van der Waals surface area contributed by atoms with E-state index in [1.807, 2.05) is 0 Å². The maximum absolute atomic E-state index is 5.35. The molecule has 74 valence electrons. The zero-order chi connectivity index (χ0) is 9.61. The van der Waals surface area contributed by atoms with Gasteiger partial charge in [-0.15, -0.1) is 0 Å². The molecule has 12 heavy (non-hydrogen) atoms. The Balaban J connectivity index is 3.67. The van der Waals surface area contributed by atoms with Gasteiger partial charge in [-0.05, 0) is 18.3 Å². The number of methoxy groups -OCH3 is 2. The molecule has 0 aromatic carbocycles. The minimum atomic E-state index is 0.338. The lowest BCUT2D eigenvalue weighted by Crippen LogP contribution is -2.21. The summed E-state index contributed by atoms with van der Waals surface area (Å²) in [5, 5.41) is 0. The standard InChI is InChI=1S/C10H22O2/c1-10(2,3)8-9(12-5)6-7-11-4/h9H,6-8H2,1-5H3. The highest BCUT2D eigenvalue weighted by Gasteiger charge is 2.17. The second-order valence-electron chi connectivity index (χ2n) is 4.40. The Hall–Kier alpha value is -0.0800. The quantitative estimate of drug-likeness (QED) is 0.637. The fourth-order valence-corrected chi connectivity index (χ4v) is 1.24. The molecule has 0 heterocycles. The molecule has 0 radical (unpaired) electrons. The second kappa shape index (κ2) is 5.55. The molecular formula is C10H22O2. The summed E-state index contributed by atoms with van der Waals surface area (Å²) < 4.78 is 10.4. The van der Waals surface area contributed by atoms with Gasteiger partial charge in [0.15, 0.2) is 0 Å². The van der Waals surface area contributed by atoms with Gasteiger partial charge in [-0.3, -0.25) is 0 Å². The van der Waals surface area contributed by atoms with Crippen LogP contribution < -0.4 is 0 Å². The van der Waals surface area contributed by atoms with E-state index >= 15 is 0 Å². The lowest BCUT2D eigenvalue weighted by molar-refractivity contribution is 0.0388. The first-order valence-corrected chi connectivity index (χ1v) is 4.51. The van der Waals surface area contributed by atoms with Crippen molar-refractivity contribution in [3.05, 3.63) is 0 Å². The minimum absolute atomic E-state index is 0.338. The average Bonchev–Trinajstić information content (AvgIpc) is 1.95. The molecule has 0 amide bonds. The molecule has 2 nitrogen and oxygen atoms in total. The molecule has 0 aromatic rings. The van der Waals surface area contributed by atoms with E-state index in [1.165, 1.54) is 0 Å². The molecule has 0 bridgehead atoms. The Kier molecular flexibility index (Phi) is 5.51. The highest BCUT2D eigenvalue weighted by atomic mass is 16.5. The molecule has 0 N–H and O–H groups in total. The molecule has 0 spiro atoms. The first-order valence-electron chi connectivity index (χ1n) is 4.51. The molecule has 1 atom stereocenters. The maximum atomic E-state index is 5.35. The highest BCUT2D eigenvalue weighted by Crippen LogP contribution is 2.23. The Labute approximate surface area is 76.3 Å². The first-order chi connectivity index (χ1) is 5.49. The van der Waals surface area contributed by atoms with Crippen LogP contribution in [-0.2, 0) is 9.47 Å². The van der Waals surface area contributed by atoms with E-state index in [9.17, 15) is 0 Å². The summed E-state index contributed by atoms with van der Waals surface area (Å²) in [5.41, 5.74) is 0.342. The van der Waals surface area contributed by atoms with E-state index in [0.717, 1.165) is 19.4 Å². The van der Waals surface area contributed by atoms with Crippen molar-refractivity contribution in [2.75, 3.05) is 20.8 Å². The Bertz CT molecular complexity index is 105. The van der Waals surface area contributed by atoms with Gasteiger partial charge in [0.25, 0.3) is 0 Å². The molecule has 0 aliphatic carbocycles. The van der Waals surface area contributed by atoms with Gasteiger partial charge in [0.2, 0.25) is 0 Å². The Morgan fingerprint density at radius 2 is 1.75 bits per heavy atom. The van der Waals surface area contributed by atoms with Crippen molar-refractivity contribution in [3.63, 3.8) is 0 Å². The van der Waals surface area contributed by atoms with Crippen LogP contribution in [0, 0.1) is 5.41 Å². The Morgan fingerprint density at radius 1 is 1.17 bits per heavy atom. The summed E-state index contributed by atoms with van der Waals surface area (Å²) in [5.74, 6) is 0. The average molecular weight is 174 g/mol. The van der Waals surface area contributed by atoms with Crippen LogP contribution in [0.2, 0.25) is 0 Å². The monoisotopic (exact) mass is 174 g/mol. The fraction of sp³-hybridized carbons (Fsp3) is 1.00. The largest absolute Gasteiger partial charge is 0.385 e. The Morgan fingerprint density at radius 3 is 2.08 bits per heavy atom. The third kappa shape index (κ3) is 6.62. The normalized spacial score (nSPS) is 14.8. The summed E-state index contributed by atoms with van der Waals surface area (Å²) in [6, 6.07) is 0. The van der Waals surface area contributed by atoms with Gasteiger partial charge in [-0.1, -0.05) is 20.8 Å². The predicted molar refractivity (Wildman–Crippen MR) is 51.4 cm³/mol. The van der Waals surface area contributed by atoms with Crippen LogP contribution in [-0.4, -0.2) is 26.9 Å². The van der Waals surface area contributed by atoms with Gasteiger partial charge in [0, 0.05) is 20.8 Å². The van der Waals surface area contributed by atoms with Crippen LogP contribution in [0.5, 0.6) is 0 Å². The van der Waals surface area contributed by atoms with Gasteiger partial charge >= 0.3 is 0 Å². The molecule has 0 fully saturated rings. The van der Waals surface area contributed by atoms with Crippen molar-refractivity contribution in [2.24, 2.45) is 5.41 Å². The molecule has 0 saturated heterocycles. The third-order valence-electron chi connectivity index (χ3n) is 1.82. The molecule has 0 aromatic heterocycles. The van der Waals surface area contributed by atoms with Crippen molar-refractivity contribution >= 4 is 0 Å². The van der Waals surface area contributed by atoms with Crippen LogP contribution in [0.15, 0.2) is 0 Å². The van der Waals surface area contributed by atoms with Crippen LogP contribution in [0.4, 0.5) is 0 Å². The summed E-state index contributed by atoms with van der Waals surface area (Å²) in [4.78, 5) is 0. The van der Waals surface area contributed by atoms with Crippen LogP contribution in [0.1, 0.15) is 33.6 Å². The highest BCUT2D eigenvalue weighted by molar-refractivity contribution is 4.68. The van der Waals surface area contributed by atoms with E-state index in [-0.39, 0.29) is 0 Å².